The van der Waals surface area contributed by atoms with Crippen molar-refractivity contribution in [2.24, 2.45) is 0 Å². The topological polar surface area (TPSA) is 47.3 Å². The van der Waals surface area contributed by atoms with E-state index in [1.807, 2.05) is 19.1 Å². The molecule has 0 aliphatic rings. The predicted molar refractivity (Wildman–Crippen MR) is 56.1 cm³/mol. The summed E-state index contributed by atoms with van der Waals surface area (Å²) in [6.07, 6.45) is 3.66. The minimum Gasteiger partial charge on any atom is -0.466 e. The molecule has 0 saturated carbocycles. The Labute approximate surface area is 85.0 Å². The van der Waals surface area contributed by atoms with Gasteiger partial charge in [0, 0.05) is 18.4 Å². The summed E-state index contributed by atoms with van der Waals surface area (Å²) in [4.78, 5) is 0. The molecule has 0 aromatic carbocycles. The maximum Gasteiger partial charge on any atom is 0.147 e. The van der Waals surface area contributed by atoms with Gasteiger partial charge in [0.2, 0.25) is 0 Å². The molecule has 1 rings (SSSR count). The van der Waals surface area contributed by atoms with Crippen molar-refractivity contribution < 1.29 is 12.8 Å². The number of rotatable bonds is 5. The number of hydrogen-bond donors (Lipinski definition) is 0. The summed E-state index contributed by atoms with van der Waals surface area (Å²) in [6.45, 7) is 1.90. The third-order valence-corrected chi connectivity index (χ3v) is 3.01. The molecule has 0 spiro atoms. The summed E-state index contributed by atoms with van der Waals surface area (Å²) in [5.41, 5.74) is 0. The number of furan rings is 1. The summed E-state index contributed by atoms with van der Waals surface area (Å²) >= 11 is 0. The summed E-state index contributed by atoms with van der Waals surface area (Å²) < 4.78 is 27.0. The third-order valence-electron chi connectivity index (χ3n) is 1.98. The molecule has 0 unspecified atom stereocenters. The second kappa shape index (κ2) is 4.64. The lowest BCUT2D eigenvalue weighted by Gasteiger charge is -1.97. The number of hydrogen-bond acceptors (Lipinski definition) is 3. The zero-order valence-corrected chi connectivity index (χ0v) is 9.43. The highest BCUT2D eigenvalue weighted by molar-refractivity contribution is 7.90. The minimum atomic E-state index is -2.80. The summed E-state index contributed by atoms with van der Waals surface area (Å²) in [6, 6.07) is 3.86. The van der Waals surface area contributed by atoms with Gasteiger partial charge < -0.3 is 4.42 Å². The number of sulfone groups is 1. The van der Waals surface area contributed by atoms with Crippen LogP contribution in [0.1, 0.15) is 24.4 Å². The molecule has 0 aliphatic carbocycles. The van der Waals surface area contributed by atoms with Crippen LogP contribution in [0.4, 0.5) is 0 Å². The molecule has 1 heterocycles. The van der Waals surface area contributed by atoms with Crippen LogP contribution in [0, 0.1) is 6.92 Å². The molecule has 0 atom stereocenters. The molecule has 0 radical (unpaired) electrons. The van der Waals surface area contributed by atoms with Crippen LogP contribution in [0.3, 0.4) is 0 Å². The Morgan fingerprint density at radius 2 is 2.00 bits per heavy atom. The zero-order valence-electron chi connectivity index (χ0n) is 8.62. The molecule has 80 valence electrons. The Bertz CT molecular complexity index is 376. The van der Waals surface area contributed by atoms with E-state index >= 15 is 0 Å². The van der Waals surface area contributed by atoms with E-state index in [9.17, 15) is 8.42 Å². The van der Waals surface area contributed by atoms with Crippen molar-refractivity contribution in [2.75, 3.05) is 12.0 Å². The molecule has 14 heavy (non-hydrogen) atoms. The Morgan fingerprint density at radius 1 is 1.29 bits per heavy atom. The zero-order chi connectivity index (χ0) is 10.6. The molecular weight excluding hydrogens is 200 g/mol. The summed E-state index contributed by atoms with van der Waals surface area (Å²) in [7, 11) is -2.80. The predicted octanol–water partition coefficient (Wildman–Crippen LogP) is 1.96. The van der Waals surface area contributed by atoms with Crippen LogP contribution in [0.15, 0.2) is 16.5 Å². The first-order valence-electron chi connectivity index (χ1n) is 4.70. The van der Waals surface area contributed by atoms with Crippen molar-refractivity contribution in [3.63, 3.8) is 0 Å². The molecule has 0 fully saturated rings. The van der Waals surface area contributed by atoms with Gasteiger partial charge in [-0.1, -0.05) is 0 Å². The van der Waals surface area contributed by atoms with Gasteiger partial charge >= 0.3 is 0 Å². The lowest BCUT2D eigenvalue weighted by Crippen LogP contribution is -2.02. The summed E-state index contributed by atoms with van der Waals surface area (Å²) in [5.74, 6) is 2.12. The molecule has 0 amide bonds. The summed E-state index contributed by atoms with van der Waals surface area (Å²) in [5, 5.41) is 0. The average Bonchev–Trinajstić information content (AvgIpc) is 2.44. The van der Waals surface area contributed by atoms with Gasteiger partial charge in [-0.25, -0.2) is 8.42 Å². The Hall–Kier alpha value is -0.770. The fourth-order valence-corrected chi connectivity index (χ4v) is 2.01. The van der Waals surface area contributed by atoms with E-state index in [2.05, 4.69) is 0 Å². The standard InChI is InChI=1S/C10H16O3S/c1-9-6-7-10(13-9)5-3-4-8-14(2,11)12/h6-7H,3-5,8H2,1-2H3. The maximum absolute atomic E-state index is 10.8. The second-order valence-corrected chi connectivity index (χ2v) is 5.86. The van der Waals surface area contributed by atoms with E-state index in [0.29, 0.717) is 6.42 Å². The first-order chi connectivity index (χ1) is 6.47. The smallest absolute Gasteiger partial charge is 0.147 e. The van der Waals surface area contributed by atoms with Gasteiger partial charge in [-0.2, -0.15) is 0 Å². The molecule has 0 saturated heterocycles. The van der Waals surface area contributed by atoms with Crippen LogP contribution in [-0.4, -0.2) is 20.4 Å². The largest absolute Gasteiger partial charge is 0.466 e. The SMILES string of the molecule is Cc1ccc(CCCCS(C)(=O)=O)o1. The van der Waals surface area contributed by atoms with Crippen molar-refractivity contribution >= 4 is 9.84 Å². The van der Waals surface area contributed by atoms with Crippen LogP contribution >= 0.6 is 0 Å². The van der Waals surface area contributed by atoms with Crippen LogP contribution in [-0.2, 0) is 16.3 Å². The van der Waals surface area contributed by atoms with Crippen LogP contribution in [0.2, 0.25) is 0 Å². The highest BCUT2D eigenvalue weighted by atomic mass is 32.2. The third kappa shape index (κ3) is 4.46. The van der Waals surface area contributed by atoms with Crippen molar-refractivity contribution in [1.82, 2.24) is 0 Å². The van der Waals surface area contributed by atoms with Gasteiger partial charge in [0.1, 0.15) is 21.4 Å². The Kier molecular flexibility index (Phi) is 3.75. The number of aryl methyl sites for hydroxylation is 2. The van der Waals surface area contributed by atoms with Crippen LogP contribution in [0.25, 0.3) is 0 Å². The molecule has 1 aromatic heterocycles. The van der Waals surface area contributed by atoms with E-state index in [1.54, 1.807) is 0 Å². The first kappa shape index (κ1) is 11.3. The fraction of sp³-hybridized carbons (Fsp3) is 0.600. The van der Waals surface area contributed by atoms with E-state index in [1.165, 1.54) is 6.26 Å². The number of unbranched alkanes of at least 4 members (excludes halogenated alkanes) is 1. The molecular formula is C10H16O3S. The van der Waals surface area contributed by atoms with Crippen molar-refractivity contribution in [3.05, 3.63) is 23.7 Å². The highest BCUT2D eigenvalue weighted by Gasteiger charge is 2.03. The van der Waals surface area contributed by atoms with Gasteiger partial charge in [0.25, 0.3) is 0 Å². The average molecular weight is 216 g/mol. The Morgan fingerprint density at radius 3 is 2.50 bits per heavy atom. The van der Waals surface area contributed by atoms with Crippen LogP contribution in [0.5, 0.6) is 0 Å². The van der Waals surface area contributed by atoms with E-state index in [0.717, 1.165) is 24.4 Å². The van der Waals surface area contributed by atoms with Gasteiger partial charge in [-0.05, 0) is 31.9 Å². The van der Waals surface area contributed by atoms with Crippen molar-refractivity contribution in [1.29, 1.82) is 0 Å². The molecule has 4 heteroatoms. The van der Waals surface area contributed by atoms with E-state index < -0.39 is 9.84 Å². The molecule has 0 aliphatic heterocycles. The van der Waals surface area contributed by atoms with E-state index in [-0.39, 0.29) is 5.75 Å². The van der Waals surface area contributed by atoms with E-state index in [4.69, 9.17) is 4.42 Å². The van der Waals surface area contributed by atoms with Crippen LogP contribution < -0.4 is 0 Å². The molecule has 0 N–H and O–H groups in total. The van der Waals surface area contributed by atoms with Crippen molar-refractivity contribution in [3.8, 4) is 0 Å². The van der Waals surface area contributed by atoms with Gasteiger partial charge in [-0.3, -0.25) is 0 Å². The highest BCUT2D eigenvalue weighted by Crippen LogP contribution is 2.09. The Balaban J connectivity index is 2.23. The fourth-order valence-electron chi connectivity index (χ4n) is 1.28. The van der Waals surface area contributed by atoms with Gasteiger partial charge in [0.15, 0.2) is 0 Å². The lowest BCUT2D eigenvalue weighted by molar-refractivity contribution is 0.476. The maximum atomic E-state index is 10.8. The second-order valence-electron chi connectivity index (χ2n) is 3.60. The first-order valence-corrected chi connectivity index (χ1v) is 6.76. The lowest BCUT2D eigenvalue weighted by atomic mass is 10.2. The van der Waals surface area contributed by atoms with Gasteiger partial charge in [-0.15, -0.1) is 0 Å². The monoisotopic (exact) mass is 216 g/mol. The van der Waals surface area contributed by atoms with Crippen molar-refractivity contribution in [2.45, 2.75) is 26.2 Å². The minimum absolute atomic E-state index is 0.271. The molecule has 1 aromatic rings. The molecule has 0 bridgehead atoms. The van der Waals surface area contributed by atoms with Gasteiger partial charge in [0.05, 0.1) is 0 Å². The normalized spacial score (nSPS) is 11.9. The quantitative estimate of drug-likeness (QED) is 0.707. The molecule has 3 nitrogen and oxygen atoms in total.